The van der Waals surface area contributed by atoms with Crippen LogP contribution in [0.15, 0.2) is 30.5 Å². The molecule has 0 atom stereocenters. The number of halogens is 1. The van der Waals surface area contributed by atoms with Crippen LogP contribution in [-0.4, -0.2) is 40.9 Å². The van der Waals surface area contributed by atoms with E-state index < -0.39 is 0 Å². The predicted octanol–water partition coefficient (Wildman–Crippen LogP) is 3.46. The number of amides is 1. The number of carbonyl (C=O) groups is 1. The second kappa shape index (κ2) is 7.85. The maximum absolute atomic E-state index is 12.4. The first-order valence-corrected chi connectivity index (χ1v) is 8.78. The molecule has 0 unspecified atom stereocenters. The van der Waals surface area contributed by atoms with E-state index in [1.165, 1.54) is 11.8 Å². The fourth-order valence-corrected chi connectivity index (χ4v) is 3.10. The van der Waals surface area contributed by atoms with E-state index >= 15 is 0 Å². The number of ether oxygens (including phenoxy) is 1. The van der Waals surface area contributed by atoms with Gasteiger partial charge in [0.15, 0.2) is 5.65 Å². The van der Waals surface area contributed by atoms with Crippen molar-refractivity contribution in [1.29, 1.82) is 0 Å². The second-order valence-electron chi connectivity index (χ2n) is 6.12. The average molecular weight is 373 g/mol. The average Bonchev–Trinajstić information content (AvgIpc) is 2.97. The lowest BCUT2D eigenvalue weighted by Crippen LogP contribution is -2.25. The molecule has 7 heteroatoms. The molecule has 3 aromatic rings. The molecule has 0 radical (unpaired) electrons. The highest BCUT2D eigenvalue weighted by atomic mass is 35.5. The molecule has 0 aliphatic rings. The Balaban J connectivity index is 1.96. The number of aromatic nitrogens is 3. The lowest BCUT2D eigenvalue weighted by molar-refractivity contribution is 0.0948. The van der Waals surface area contributed by atoms with Crippen LogP contribution >= 0.6 is 11.6 Å². The molecule has 2 aromatic heterocycles. The highest BCUT2D eigenvalue weighted by Gasteiger charge is 2.19. The monoisotopic (exact) mass is 372 g/mol. The van der Waals surface area contributed by atoms with Crippen molar-refractivity contribution >= 4 is 28.5 Å². The summed E-state index contributed by atoms with van der Waals surface area (Å²) in [6.07, 6.45) is 2.24. The summed E-state index contributed by atoms with van der Waals surface area (Å²) in [5.74, 6) is -0.247. The number of nitrogens with one attached hydrogen (secondary N) is 1. The number of benzene rings is 1. The minimum absolute atomic E-state index is 0.247. The topological polar surface area (TPSA) is 69.0 Å². The standard InChI is InChI=1S/C19H21ClN4O2/c1-12-5-7-14(8-6-12)24-18-16(13(2)23-24)17(20)15(11-22-18)19(25)21-9-4-10-26-3/h5-8,11H,4,9-10H2,1-3H3,(H,21,25). The maximum Gasteiger partial charge on any atom is 0.254 e. The smallest absolute Gasteiger partial charge is 0.254 e. The first kappa shape index (κ1) is 18.4. The third-order valence-corrected chi connectivity index (χ3v) is 4.53. The van der Waals surface area contributed by atoms with Crippen molar-refractivity contribution < 1.29 is 9.53 Å². The van der Waals surface area contributed by atoms with Gasteiger partial charge in [-0.25, -0.2) is 9.67 Å². The van der Waals surface area contributed by atoms with E-state index in [-0.39, 0.29) is 5.91 Å². The first-order valence-electron chi connectivity index (χ1n) is 8.41. The van der Waals surface area contributed by atoms with E-state index in [9.17, 15) is 4.79 Å². The van der Waals surface area contributed by atoms with Crippen LogP contribution in [0.4, 0.5) is 0 Å². The zero-order valence-electron chi connectivity index (χ0n) is 15.0. The number of aryl methyl sites for hydroxylation is 2. The highest BCUT2D eigenvalue weighted by molar-refractivity contribution is 6.38. The van der Waals surface area contributed by atoms with E-state index in [0.29, 0.717) is 34.8 Å². The van der Waals surface area contributed by atoms with Gasteiger partial charge in [-0.15, -0.1) is 0 Å². The Morgan fingerprint density at radius 3 is 2.69 bits per heavy atom. The van der Waals surface area contributed by atoms with Gasteiger partial charge >= 0.3 is 0 Å². The minimum atomic E-state index is -0.247. The molecule has 0 saturated heterocycles. The molecular weight excluding hydrogens is 352 g/mol. The van der Waals surface area contributed by atoms with Crippen LogP contribution in [0.2, 0.25) is 5.02 Å². The summed E-state index contributed by atoms with van der Waals surface area (Å²) in [6, 6.07) is 7.99. The summed E-state index contributed by atoms with van der Waals surface area (Å²) in [5.41, 5.74) is 3.77. The van der Waals surface area contributed by atoms with Crippen molar-refractivity contribution in [3.05, 3.63) is 52.3 Å². The van der Waals surface area contributed by atoms with Gasteiger partial charge in [-0.1, -0.05) is 29.3 Å². The normalized spacial score (nSPS) is 11.1. The third-order valence-electron chi connectivity index (χ3n) is 4.14. The van der Waals surface area contributed by atoms with Crippen LogP contribution in [0.25, 0.3) is 16.7 Å². The Morgan fingerprint density at radius 1 is 1.27 bits per heavy atom. The summed E-state index contributed by atoms with van der Waals surface area (Å²) < 4.78 is 6.72. The van der Waals surface area contributed by atoms with Crippen molar-refractivity contribution in [3.8, 4) is 5.69 Å². The van der Waals surface area contributed by atoms with Gasteiger partial charge in [0, 0.05) is 26.5 Å². The van der Waals surface area contributed by atoms with Crippen molar-refractivity contribution in [2.75, 3.05) is 20.3 Å². The molecular formula is C19H21ClN4O2. The van der Waals surface area contributed by atoms with Gasteiger partial charge in [0.1, 0.15) is 0 Å². The van der Waals surface area contributed by atoms with Crippen LogP contribution in [0.5, 0.6) is 0 Å². The lowest BCUT2D eigenvalue weighted by Gasteiger charge is -2.08. The van der Waals surface area contributed by atoms with Gasteiger partial charge < -0.3 is 10.1 Å². The predicted molar refractivity (Wildman–Crippen MR) is 102 cm³/mol. The molecule has 0 fully saturated rings. The number of nitrogens with zero attached hydrogens (tertiary/aromatic N) is 3. The van der Waals surface area contributed by atoms with Crippen molar-refractivity contribution in [2.45, 2.75) is 20.3 Å². The zero-order valence-corrected chi connectivity index (χ0v) is 15.8. The first-order chi connectivity index (χ1) is 12.5. The summed E-state index contributed by atoms with van der Waals surface area (Å²) in [7, 11) is 1.63. The molecule has 0 saturated carbocycles. The molecule has 0 bridgehead atoms. The number of hydrogen-bond acceptors (Lipinski definition) is 4. The maximum atomic E-state index is 12.4. The number of hydrogen-bond donors (Lipinski definition) is 1. The number of carbonyl (C=O) groups excluding carboxylic acids is 1. The fourth-order valence-electron chi connectivity index (χ4n) is 2.75. The lowest BCUT2D eigenvalue weighted by atomic mass is 10.2. The third kappa shape index (κ3) is 3.57. The van der Waals surface area contributed by atoms with Gasteiger partial charge in [-0.05, 0) is 32.4 Å². The molecule has 1 aromatic carbocycles. The van der Waals surface area contributed by atoms with E-state index in [0.717, 1.165) is 17.8 Å². The van der Waals surface area contributed by atoms with Crippen LogP contribution in [0.1, 0.15) is 28.0 Å². The SMILES string of the molecule is COCCCNC(=O)c1cnc2c(c(C)nn2-c2ccc(C)cc2)c1Cl. The summed E-state index contributed by atoms with van der Waals surface area (Å²) in [5, 5.41) is 8.45. The summed E-state index contributed by atoms with van der Waals surface area (Å²) >= 11 is 6.53. The molecule has 3 rings (SSSR count). The zero-order chi connectivity index (χ0) is 18.7. The van der Waals surface area contributed by atoms with Gasteiger partial charge in [0.2, 0.25) is 0 Å². The number of methoxy groups -OCH3 is 1. The van der Waals surface area contributed by atoms with Crippen molar-refractivity contribution in [3.63, 3.8) is 0 Å². The minimum Gasteiger partial charge on any atom is -0.385 e. The van der Waals surface area contributed by atoms with Crippen LogP contribution in [-0.2, 0) is 4.74 Å². The van der Waals surface area contributed by atoms with Crippen LogP contribution in [0, 0.1) is 13.8 Å². The van der Waals surface area contributed by atoms with E-state index in [1.807, 2.05) is 38.1 Å². The van der Waals surface area contributed by atoms with Gasteiger partial charge in [0.25, 0.3) is 5.91 Å². The van der Waals surface area contributed by atoms with Crippen molar-refractivity contribution in [2.24, 2.45) is 0 Å². The molecule has 2 heterocycles. The van der Waals surface area contributed by atoms with Crippen LogP contribution < -0.4 is 5.32 Å². The quantitative estimate of drug-likeness (QED) is 0.673. The van der Waals surface area contributed by atoms with Gasteiger partial charge in [-0.2, -0.15) is 5.10 Å². The molecule has 1 N–H and O–H groups in total. The number of pyridine rings is 1. The molecule has 6 nitrogen and oxygen atoms in total. The van der Waals surface area contributed by atoms with E-state index in [1.54, 1.807) is 11.8 Å². The number of rotatable bonds is 6. The molecule has 0 spiro atoms. The largest absolute Gasteiger partial charge is 0.385 e. The van der Waals surface area contributed by atoms with E-state index in [4.69, 9.17) is 16.3 Å². The Labute approximate surface area is 157 Å². The van der Waals surface area contributed by atoms with E-state index in [2.05, 4.69) is 15.4 Å². The molecule has 0 aliphatic carbocycles. The Kier molecular flexibility index (Phi) is 5.54. The molecule has 0 aliphatic heterocycles. The van der Waals surface area contributed by atoms with Crippen molar-refractivity contribution in [1.82, 2.24) is 20.1 Å². The molecule has 136 valence electrons. The second-order valence-corrected chi connectivity index (χ2v) is 6.50. The summed E-state index contributed by atoms with van der Waals surface area (Å²) in [6.45, 7) is 5.00. The highest BCUT2D eigenvalue weighted by Crippen LogP contribution is 2.30. The Hall–Kier alpha value is -2.44. The molecule has 26 heavy (non-hydrogen) atoms. The van der Waals surface area contributed by atoms with Gasteiger partial charge in [-0.3, -0.25) is 4.79 Å². The fraction of sp³-hybridized carbons (Fsp3) is 0.316. The number of fused-ring (bicyclic) bond motifs is 1. The van der Waals surface area contributed by atoms with Gasteiger partial charge in [0.05, 0.1) is 27.4 Å². The Bertz CT molecular complexity index is 935. The molecule has 1 amide bonds. The summed E-state index contributed by atoms with van der Waals surface area (Å²) in [4.78, 5) is 16.9. The Morgan fingerprint density at radius 2 is 2.00 bits per heavy atom. The van der Waals surface area contributed by atoms with Crippen LogP contribution in [0.3, 0.4) is 0 Å².